The molecule has 2 heterocycles. The molecule has 1 aromatic heterocycles. The molecule has 1 fully saturated rings. The van der Waals surface area contributed by atoms with Crippen LogP contribution < -0.4 is 21.0 Å². The molecule has 1 aliphatic heterocycles. The number of ether oxygens (including phenoxy) is 1. The van der Waals surface area contributed by atoms with E-state index < -0.39 is 55.5 Å². The molecule has 3 rings (SSSR count). The monoisotopic (exact) mass is 506 g/mol. The van der Waals surface area contributed by atoms with Crippen LogP contribution >= 0.6 is 19.3 Å². The summed E-state index contributed by atoms with van der Waals surface area (Å²) in [6.07, 6.45) is -4.08. The number of halogens is 2. The Morgan fingerprint density at radius 3 is 2.76 bits per heavy atom. The second-order valence-electron chi connectivity index (χ2n) is 7.11. The van der Waals surface area contributed by atoms with Crippen molar-refractivity contribution in [3.05, 3.63) is 52.6 Å². The van der Waals surface area contributed by atoms with Crippen LogP contribution in [0.15, 0.2) is 41.3 Å². The van der Waals surface area contributed by atoms with Crippen LogP contribution in [0.3, 0.4) is 0 Å². The number of benzene rings is 1. The predicted molar refractivity (Wildman–Crippen MR) is 113 cm³/mol. The Kier molecular flexibility index (Phi) is 7.42. The molecule has 1 aliphatic rings. The highest BCUT2D eigenvalue weighted by Crippen LogP contribution is 2.50. The number of hydrogen-bond donors (Lipinski definition) is 5. The van der Waals surface area contributed by atoms with Crippen LogP contribution in [0, 0.1) is 0 Å². The summed E-state index contributed by atoms with van der Waals surface area (Å²) in [6, 6.07) is 6.41. The van der Waals surface area contributed by atoms with Gasteiger partial charge < -0.3 is 30.2 Å². The Morgan fingerprint density at radius 1 is 1.48 bits per heavy atom. The summed E-state index contributed by atoms with van der Waals surface area (Å²) >= 11 is 5.86. The Morgan fingerprint density at radius 2 is 2.15 bits per heavy atom. The number of carboxylic acids is 1. The van der Waals surface area contributed by atoms with Gasteiger partial charge in [-0.25, -0.2) is 13.8 Å². The van der Waals surface area contributed by atoms with Crippen molar-refractivity contribution in [2.45, 2.75) is 36.4 Å². The van der Waals surface area contributed by atoms with E-state index in [1.807, 2.05) is 0 Å². The Labute approximate surface area is 191 Å². The van der Waals surface area contributed by atoms with Gasteiger partial charge in [0.2, 0.25) is 5.13 Å². The first kappa shape index (κ1) is 25.1. The molecule has 0 amide bonds. The number of aliphatic hydroxyl groups is 1. The Bertz CT molecular complexity index is 1100. The van der Waals surface area contributed by atoms with Crippen LogP contribution in [0.5, 0.6) is 5.75 Å². The number of alkyl halides is 2. The summed E-state index contributed by atoms with van der Waals surface area (Å²) in [5.74, 6) is -1.60. The molecule has 2 aromatic rings. The quantitative estimate of drug-likeness (QED) is 0.244. The number of aliphatic hydroxyl groups excluding tert-OH is 1. The van der Waals surface area contributed by atoms with E-state index >= 15 is 4.39 Å². The molecule has 15 heteroatoms. The molecule has 1 saturated heterocycles. The van der Waals surface area contributed by atoms with Crippen LogP contribution in [-0.4, -0.2) is 56.1 Å². The molecular weight excluding hydrogens is 486 g/mol. The van der Waals surface area contributed by atoms with Crippen molar-refractivity contribution in [1.82, 2.24) is 15.1 Å². The zero-order valence-electron chi connectivity index (χ0n) is 17.1. The van der Waals surface area contributed by atoms with E-state index in [1.54, 1.807) is 18.2 Å². The number of carbonyl (C=O) groups is 1. The molecular formula is C18H21ClFN4O8P. The molecule has 0 bridgehead atoms. The van der Waals surface area contributed by atoms with Gasteiger partial charge >= 0.3 is 19.4 Å². The maximum atomic E-state index is 15.1. The lowest BCUT2D eigenvalue weighted by Crippen LogP contribution is -2.39. The minimum absolute atomic E-state index is 0.0981. The summed E-state index contributed by atoms with van der Waals surface area (Å²) in [5.41, 5.74) is 4.73. The number of carboxylic acid groups (broad SMARTS) is 1. The lowest BCUT2D eigenvalue weighted by Gasteiger charge is -2.24. The van der Waals surface area contributed by atoms with E-state index in [-0.39, 0.29) is 17.1 Å². The number of aliphatic carboxylic acids is 1. The second kappa shape index (κ2) is 9.75. The standard InChI is InChI=1S/C18H21ClFN4O8P/c1-9(16(26)27)24-33(29,32-10-5-3-2-4-6-10)30-8-12-13(25)18(19,20)14(31-12)11-7-22-17(28)23-15(11)21/h2-7,9,12-14,25H,8H2,1H3,(H,24,29)(H,26,27)(H3,21,22,23,28)/t9?,12-,13-,14-,18-,33?/m1/s1. The van der Waals surface area contributed by atoms with E-state index in [0.29, 0.717) is 0 Å². The average Bonchev–Trinajstić information content (AvgIpc) is 2.96. The van der Waals surface area contributed by atoms with Crippen molar-refractivity contribution in [2.75, 3.05) is 12.3 Å². The van der Waals surface area contributed by atoms with Gasteiger partial charge in [0.25, 0.3) is 0 Å². The van der Waals surface area contributed by atoms with E-state index in [4.69, 9.17) is 36.2 Å². The number of H-pyrrole nitrogens is 1. The molecule has 2 unspecified atom stereocenters. The van der Waals surface area contributed by atoms with Gasteiger partial charge in [0.1, 0.15) is 35.9 Å². The third-order valence-corrected chi connectivity index (χ3v) is 6.72. The van der Waals surface area contributed by atoms with Crippen molar-refractivity contribution >= 4 is 31.1 Å². The van der Waals surface area contributed by atoms with Gasteiger partial charge in [0.05, 0.1) is 6.61 Å². The fourth-order valence-corrected chi connectivity index (χ4v) is 4.77. The molecule has 180 valence electrons. The third-order valence-electron chi connectivity index (χ3n) is 4.66. The summed E-state index contributed by atoms with van der Waals surface area (Å²) < 4.78 is 44.4. The number of aromatic amines is 1. The zero-order chi connectivity index (χ0) is 24.4. The van der Waals surface area contributed by atoms with Gasteiger partial charge in [0.15, 0.2) is 0 Å². The molecule has 33 heavy (non-hydrogen) atoms. The van der Waals surface area contributed by atoms with Crippen molar-refractivity contribution in [3.63, 3.8) is 0 Å². The normalized spacial score (nSPS) is 27.6. The molecule has 0 radical (unpaired) electrons. The van der Waals surface area contributed by atoms with Crippen LogP contribution in [0.1, 0.15) is 18.6 Å². The van der Waals surface area contributed by atoms with E-state index in [2.05, 4.69) is 15.1 Å². The van der Waals surface area contributed by atoms with Crippen molar-refractivity contribution in [1.29, 1.82) is 0 Å². The topological polar surface area (TPSA) is 186 Å². The SMILES string of the molecule is CC(NP(=O)(OC[C@H]1O[C@H](c2c[nH]c(=O)nc2N)[C@@](F)(Cl)[C@@H]1O)Oc1ccccc1)C(=O)O. The van der Waals surface area contributed by atoms with Gasteiger partial charge in [-0.2, -0.15) is 10.1 Å². The van der Waals surface area contributed by atoms with Gasteiger partial charge in [-0.1, -0.05) is 29.8 Å². The van der Waals surface area contributed by atoms with E-state index in [9.17, 15) is 19.3 Å². The second-order valence-corrected chi connectivity index (χ2v) is 9.38. The lowest BCUT2D eigenvalue weighted by molar-refractivity contribution is -0.138. The van der Waals surface area contributed by atoms with Gasteiger partial charge in [0, 0.05) is 11.8 Å². The summed E-state index contributed by atoms with van der Waals surface area (Å²) in [5, 5.41) is 18.8. The number of rotatable bonds is 9. The largest absolute Gasteiger partial charge is 0.480 e. The number of para-hydroxylation sites is 1. The maximum absolute atomic E-state index is 15.1. The molecule has 0 saturated carbocycles. The fourth-order valence-electron chi connectivity index (χ4n) is 2.96. The van der Waals surface area contributed by atoms with Gasteiger partial charge in [-0.15, -0.1) is 0 Å². The maximum Gasteiger partial charge on any atom is 0.459 e. The molecule has 6 N–H and O–H groups in total. The van der Waals surface area contributed by atoms with Crippen LogP contribution in [-0.2, 0) is 18.6 Å². The number of hydrogen-bond acceptors (Lipinski definition) is 9. The summed E-state index contributed by atoms with van der Waals surface area (Å²) in [6.45, 7) is 0.497. The van der Waals surface area contributed by atoms with Crippen LogP contribution in [0.2, 0.25) is 0 Å². The van der Waals surface area contributed by atoms with Crippen molar-refractivity contribution in [2.24, 2.45) is 0 Å². The number of nitrogens with zero attached hydrogens (tertiary/aromatic N) is 1. The number of nitrogen functional groups attached to an aromatic ring is 1. The molecule has 6 atom stereocenters. The first-order valence-electron chi connectivity index (χ1n) is 9.49. The van der Waals surface area contributed by atoms with Crippen molar-refractivity contribution < 1.29 is 37.7 Å². The van der Waals surface area contributed by atoms with Crippen molar-refractivity contribution in [3.8, 4) is 5.75 Å². The average molecular weight is 507 g/mol. The van der Waals surface area contributed by atoms with E-state index in [1.165, 1.54) is 19.1 Å². The van der Waals surface area contributed by atoms with Gasteiger partial charge in [-0.3, -0.25) is 9.32 Å². The first-order chi connectivity index (χ1) is 15.4. The van der Waals surface area contributed by atoms with E-state index in [0.717, 1.165) is 6.20 Å². The number of nitrogens with two attached hydrogens (primary N) is 1. The molecule has 12 nitrogen and oxygen atoms in total. The summed E-state index contributed by atoms with van der Waals surface area (Å²) in [7, 11) is -4.35. The third kappa shape index (κ3) is 5.69. The number of aromatic nitrogens is 2. The predicted octanol–water partition coefficient (Wildman–Crippen LogP) is 1.32. The van der Waals surface area contributed by atoms with Crippen LogP contribution in [0.25, 0.3) is 0 Å². The lowest BCUT2D eigenvalue weighted by atomic mass is 10.0. The smallest absolute Gasteiger partial charge is 0.459 e. The minimum atomic E-state index is -4.35. The number of anilines is 1. The highest BCUT2D eigenvalue weighted by molar-refractivity contribution is 7.52. The minimum Gasteiger partial charge on any atom is -0.480 e. The van der Waals surface area contributed by atoms with Gasteiger partial charge in [-0.05, 0) is 19.1 Å². The molecule has 1 aromatic carbocycles. The zero-order valence-corrected chi connectivity index (χ0v) is 18.7. The fraction of sp³-hybridized carbons (Fsp3) is 0.389. The summed E-state index contributed by atoms with van der Waals surface area (Å²) in [4.78, 5) is 28.1. The Balaban J connectivity index is 1.80. The van der Waals surface area contributed by atoms with Crippen LogP contribution in [0.4, 0.5) is 10.2 Å². The number of nitrogens with one attached hydrogen (secondary N) is 2. The first-order valence-corrected chi connectivity index (χ1v) is 11.4. The molecule has 0 spiro atoms. The highest BCUT2D eigenvalue weighted by atomic mass is 35.5. The Hall–Kier alpha value is -2.54. The molecule has 0 aliphatic carbocycles. The highest BCUT2D eigenvalue weighted by Gasteiger charge is 2.58.